The van der Waals surface area contributed by atoms with Crippen molar-refractivity contribution in [2.45, 2.75) is 6.42 Å². The Morgan fingerprint density at radius 3 is 2.95 bits per heavy atom. The highest BCUT2D eigenvalue weighted by Gasteiger charge is 2.07. The smallest absolute Gasteiger partial charge is 0.249 e. The van der Waals surface area contributed by atoms with E-state index in [1.54, 1.807) is 24.4 Å². The van der Waals surface area contributed by atoms with Crippen LogP contribution in [0.5, 0.6) is 0 Å². The fourth-order valence-corrected chi connectivity index (χ4v) is 1.16. The molecule has 102 valence electrons. The van der Waals surface area contributed by atoms with Crippen LogP contribution in [0.2, 0.25) is 0 Å². The summed E-state index contributed by atoms with van der Waals surface area (Å²) in [5.41, 5.74) is 2.87. The van der Waals surface area contributed by atoms with E-state index in [0.717, 1.165) is 0 Å². The van der Waals surface area contributed by atoms with Crippen LogP contribution in [0.3, 0.4) is 0 Å². The summed E-state index contributed by atoms with van der Waals surface area (Å²) in [5.74, 6) is -0.857. The van der Waals surface area contributed by atoms with Crippen molar-refractivity contribution >= 4 is 18.0 Å². The number of carbonyl (C=O) groups excluding carboxylic acids is 2. The predicted molar refractivity (Wildman–Crippen MR) is 69.5 cm³/mol. The van der Waals surface area contributed by atoms with Gasteiger partial charge in [0.05, 0.1) is 18.5 Å². The molecule has 0 fully saturated rings. The van der Waals surface area contributed by atoms with E-state index in [2.05, 4.69) is 20.8 Å². The molecule has 2 amide bonds. The van der Waals surface area contributed by atoms with E-state index in [-0.39, 0.29) is 12.3 Å². The topological polar surface area (TPSA) is 92.7 Å². The van der Waals surface area contributed by atoms with Crippen molar-refractivity contribution in [2.24, 2.45) is 5.10 Å². The van der Waals surface area contributed by atoms with Crippen LogP contribution in [0.1, 0.15) is 12.1 Å². The van der Waals surface area contributed by atoms with Gasteiger partial charge in [-0.3, -0.25) is 14.6 Å². The number of pyridine rings is 1. The third kappa shape index (κ3) is 6.89. The molecular weight excluding hydrogens is 248 g/mol. The highest BCUT2D eigenvalue weighted by atomic mass is 16.5. The molecule has 0 aliphatic rings. The molecule has 0 aliphatic heterocycles. The van der Waals surface area contributed by atoms with Crippen LogP contribution in [-0.4, -0.2) is 43.3 Å². The minimum absolute atomic E-state index is 0.275. The lowest BCUT2D eigenvalue weighted by molar-refractivity contribution is -0.129. The summed E-state index contributed by atoms with van der Waals surface area (Å²) in [4.78, 5) is 26.6. The Morgan fingerprint density at radius 1 is 1.42 bits per heavy atom. The van der Waals surface area contributed by atoms with Gasteiger partial charge < -0.3 is 10.1 Å². The second kappa shape index (κ2) is 8.76. The van der Waals surface area contributed by atoms with Gasteiger partial charge in [-0.05, 0) is 12.1 Å². The molecule has 7 heteroatoms. The lowest BCUT2D eigenvalue weighted by Crippen LogP contribution is -2.31. The summed E-state index contributed by atoms with van der Waals surface area (Å²) in [6, 6.07) is 5.33. The number of rotatable bonds is 7. The molecular formula is C12H16N4O3. The minimum Gasteiger partial charge on any atom is -0.383 e. The Bertz CT molecular complexity index is 434. The van der Waals surface area contributed by atoms with Gasteiger partial charge in [-0.15, -0.1) is 0 Å². The number of ether oxygens (including phenoxy) is 1. The molecule has 1 aromatic rings. The van der Waals surface area contributed by atoms with Crippen LogP contribution in [0, 0.1) is 0 Å². The second-order valence-corrected chi connectivity index (χ2v) is 3.57. The second-order valence-electron chi connectivity index (χ2n) is 3.57. The Hall–Kier alpha value is -2.28. The van der Waals surface area contributed by atoms with Gasteiger partial charge in [-0.1, -0.05) is 6.07 Å². The van der Waals surface area contributed by atoms with Gasteiger partial charge in [0.25, 0.3) is 0 Å². The van der Waals surface area contributed by atoms with Crippen LogP contribution >= 0.6 is 0 Å². The predicted octanol–water partition coefficient (Wildman–Crippen LogP) is -0.316. The van der Waals surface area contributed by atoms with E-state index in [4.69, 9.17) is 4.74 Å². The number of aromatic nitrogens is 1. The van der Waals surface area contributed by atoms with E-state index < -0.39 is 5.91 Å². The maximum Gasteiger partial charge on any atom is 0.249 e. The average Bonchev–Trinajstić information content (AvgIpc) is 2.40. The largest absolute Gasteiger partial charge is 0.383 e. The van der Waals surface area contributed by atoms with Crippen molar-refractivity contribution in [3.05, 3.63) is 30.1 Å². The Balaban J connectivity index is 2.24. The maximum atomic E-state index is 11.3. The van der Waals surface area contributed by atoms with Gasteiger partial charge in [0, 0.05) is 19.9 Å². The van der Waals surface area contributed by atoms with Crippen molar-refractivity contribution in [2.75, 3.05) is 20.3 Å². The summed E-state index contributed by atoms with van der Waals surface area (Å²) >= 11 is 0. The minimum atomic E-state index is -0.484. The summed E-state index contributed by atoms with van der Waals surface area (Å²) < 4.78 is 4.77. The van der Waals surface area contributed by atoms with Gasteiger partial charge in [-0.2, -0.15) is 5.10 Å². The third-order valence-corrected chi connectivity index (χ3v) is 2.02. The summed E-state index contributed by atoms with van der Waals surface area (Å²) in [5, 5.41) is 6.23. The van der Waals surface area contributed by atoms with E-state index in [0.29, 0.717) is 18.8 Å². The van der Waals surface area contributed by atoms with Crippen LogP contribution in [0.4, 0.5) is 0 Å². The van der Waals surface area contributed by atoms with Crippen LogP contribution < -0.4 is 10.7 Å². The zero-order valence-corrected chi connectivity index (χ0v) is 10.6. The lowest BCUT2D eigenvalue weighted by Gasteiger charge is -2.03. The first-order chi connectivity index (χ1) is 9.22. The normalized spacial score (nSPS) is 10.4. The number of hydrazone groups is 1. The number of nitrogens with one attached hydrogen (secondary N) is 2. The van der Waals surface area contributed by atoms with Crippen LogP contribution in [-0.2, 0) is 14.3 Å². The Labute approximate surface area is 111 Å². The van der Waals surface area contributed by atoms with Crippen molar-refractivity contribution in [1.82, 2.24) is 15.7 Å². The Kier molecular flexibility index (Phi) is 6.81. The standard InChI is InChI=1S/C12H16N4O3/c1-19-7-6-14-11(17)8-12(18)16-15-9-10-4-2-3-5-13-10/h2-5,9H,6-8H2,1H3,(H,14,17)(H,16,18)/b15-9+. The molecule has 0 saturated heterocycles. The first-order valence-electron chi connectivity index (χ1n) is 5.71. The average molecular weight is 264 g/mol. The summed E-state index contributed by atoms with van der Waals surface area (Å²) in [6.07, 6.45) is 2.75. The van der Waals surface area contributed by atoms with Crippen molar-refractivity contribution < 1.29 is 14.3 Å². The number of carbonyl (C=O) groups is 2. The summed E-state index contributed by atoms with van der Waals surface area (Å²) in [6.45, 7) is 0.783. The van der Waals surface area contributed by atoms with Crippen LogP contribution in [0.15, 0.2) is 29.5 Å². The SMILES string of the molecule is COCCNC(=O)CC(=O)N/N=C/c1ccccn1. The highest BCUT2D eigenvalue weighted by molar-refractivity contribution is 5.97. The van der Waals surface area contributed by atoms with Crippen molar-refractivity contribution in [3.63, 3.8) is 0 Å². The fourth-order valence-electron chi connectivity index (χ4n) is 1.16. The molecule has 0 unspecified atom stereocenters. The molecule has 1 rings (SSSR count). The monoisotopic (exact) mass is 264 g/mol. The molecule has 0 saturated carbocycles. The van der Waals surface area contributed by atoms with Gasteiger partial charge in [0.1, 0.15) is 6.42 Å². The molecule has 1 heterocycles. The molecule has 0 spiro atoms. The first-order valence-corrected chi connectivity index (χ1v) is 5.71. The maximum absolute atomic E-state index is 11.3. The van der Waals surface area contributed by atoms with E-state index in [1.165, 1.54) is 13.3 Å². The zero-order chi connectivity index (χ0) is 13.9. The zero-order valence-electron chi connectivity index (χ0n) is 10.6. The number of amides is 2. The van der Waals surface area contributed by atoms with Gasteiger partial charge in [0.2, 0.25) is 11.8 Å². The number of methoxy groups -OCH3 is 1. The molecule has 7 nitrogen and oxygen atoms in total. The quantitative estimate of drug-likeness (QED) is 0.305. The Morgan fingerprint density at radius 2 is 2.26 bits per heavy atom. The van der Waals surface area contributed by atoms with Gasteiger partial charge in [-0.25, -0.2) is 5.43 Å². The molecule has 0 aromatic carbocycles. The molecule has 0 atom stereocenters. The fraction of sp³-hybridized carbons (Fsp3) is 0.333. The van der Waals surface area contributed by atoms with Gasteiger partial charge >= 0.3 is 0 Å². The third-order valence-electron chi connectivity index (χ3n) is 2.02. The number of hydrogen-bond donors (Lipinski definition) is 2. The van der Waals surface area contributed by atoms with Gasteiger partial charge in [0.15, 0.2) is 0 Å². The molecule has 0 bridgehead atoms. The van der Waals surface area contributed by atoms with E-state index in [1.807, 2.05) is 0 Å². The number of hydrogen-bond acceptors (Lipinski definition) is 5. The first kappa shape index (κ1) is 14.8. The van der Waals surface area contributed by atoms with Crippen molar-refractivity contribution in [1.29, 1.82) is 0 Å². The molecule has 0 radical (unpaired) electrons. The van der Waals surface area contributed by atoms with Crippen molar-refractivity contribution in [3.8, 4) is 0 Å². The van der Waals surface area contributed by atoms with Crippen LogP contribution in [0.25, 0.3) is 0 Å². The summed E-state index contributed by atoms with van der Waals surface area (Å²) in [7, 11) is 1.53. The van der Waals surface area contributed by atoms with E-state index >= 15 is 0 Å². The molecule has 2 N–H and O–H groups in total. The lowest BCUT2D eigenvalue weighted by atomic mass is 10.4. The molecule has 0 aliphatic carbocycles. The highest BCUT2D eigenvalue weighted by Crippen LogP contribution is 1.88. The molecule has 1 aromatic heterocycles. The number of nitrogens with zero attached hydrogens (tertiary/aromatic N) is 2. The van der Waals surface area contributed by atoms with E-state index in [9.17, 15) is 9.59 Å². The molecule has 19 heavy (non-hydrogen) atoms.